The number of aliphatic carboxylic acids is 1. The Labute approximate surface area is 184 Å². The standard InChI is InChI=1S/C22H37N5O4/c1-21(2,17(25)19(29)30)13-22(3,4)20(31)27-16(10-14-8-6-5-7-9-14)18(28)26-15(11-23)12-24/h5-9,15-17H,10-13,23-25H2,1-4H3,(H,26,28)(H,27,31)(H,29,30)/t16-,17+/m0/s1. The topological polar surface area (TPSA) is 174 Å². The lowest BCUT2D eigenvalue weighted by molar-refractivity contribution is -0.143. The highest BCUT2D eigenvalue weighted by Crippen LogP contribution is 2.36. The van der Waals surface area contributed by atoms with Gasteiger partial charge in [-0.25, -0.2) is 0 Å². The molecule has 2 atom stereocenters. The van der Waals surface area contributed by atoms with E-state index in [2.05, 4.69) is 10.6 Å². The van der Waals surface area contributed by atoms with E-state index in [1.807, 2.05) is 30.3 Å². The molecule has 0 bridgehead atoms. The second-order valence-electron chi connectivity index (χ2n) is 9.26. The molecule has 0 unspecified atom stereocenters. The zero-order valence-corrected chi connectivity index (χ0v) is 18.9. The number of carboxylic acids is 1. The summed E-state index contributed by atoms with van der Waals surface area (Å²) in [5, 5.41) is 14.9. The number of hydrogen-bond donors (Lipinski definition) is 6. The lowest BCUT2D eigenvalue weighted by Gasteiger charge is -2.37. The molecule has 0 spiro atoms. The third-order valence-electron chi connectivity index (χ3n) is 5.44. The van der Waals surface area contributed by atoms with Crippen LogP contribution in [0.5, 0.6) is 0 Å². The molecule has 0 aliphatic rings. The van der Waals surface area contributed by atoms with E-state index < -0.39 is 34.9 Å². The number of benzene rings is 1. The number of carbonyl (C=O) groups excluding carboxylic acids is 2. The average molecular weight is 436 g/mol. The lowest BCUT2D eigenvalue weighted by atomic mass is 9.70. The van der Waals surface area contributed by atoms with Crippen LogP contribution in [0.1, 0.15) is 39.7 Å². The molecule has 0 radical (unpaired) electrons. The van der Waals surface area contributed by atoms with Crippen molar-refractivity contribution in [3.63, 3.8) is 0 Å². The maximum atomic E-state index is 13.1. The van der Waals surface area contributed by atoms with Gasteiger partial charge in [-0.1, -0.05) is 58.0 Å². The molecule has 0 saturated carbocycles. The summed E-state index contributed by atoms with van der Waals surface area (Å²) in [6.07, 6.45) is 0.502. The van der Waals surface area contributed by atoms with Crippen LogP contribution in [0.25, 0.3) is 0 Å². The normalized spacial score (nSPS) is 14.1. The molecule has 0 fully saturated rings. The second-order valence-corrected chi connectivity index (χ2v) is 9.26. The Morgan fingerprint density at radius 2 is 1.55 bits per heavy atom. The molecule has 174 valence electrons. The van der Waals surface area contributed by atoms with Crippen molar-refractivity contribution < 1.29 is 19.5 Å². The average Bonchev–Trinajstić information content (AvgIpc) is 2.70. The quantitative estimate of drug-likeness (QED) is 0.267. The summed E-state index contributed by atoms with van der Waals surface area (Å²) in [6.45, 7) is 7.20. The Morgan fingerprint density at radius 1 is 1.00 bits per heavy atom. The predicted molar refractivity (Wildman–Crippen MR) is 120 cm³/mol. The summed E-state index contributed by atoms with van der Waals surface area (Å²) in [6, 6.07) is 6.95. The van der Waals surface area contributed by atoms with Gasteiger partial charge < -0.3 is 32.9 Å². The molecule has 0 heterocycles. The summed E-state index contributed by atoms with van der Waals surface area (Å²) in [5.74, 6) is -1.88. The molecule has 9 heteroatoms. The highest BCUT2D eigenvalue weighted by molar-refractivity contribution is 5.90. The van der Waals surface area contributed by atoms with Crippen molar-refractivity contribution >= 4 is 17.8 Å². The van der Waals surface area contributed by atoms with Gasteiger partial charge in [0, 0.05) is 24.9 Å². The predicted octanol–water partition coefficient (Wildman–Crippen LogP) is -0.0295. The molecule has 1 aromatic rings. The molecular weight excluding hydrogens is 398 g/mol. The largest absolute Gasteiger partial charge is 0.480 e. The van der Waals surface area contributed by atoms with Gasteiger partial charge in [-0.05, 0) is 17.4 Å². The van der Waals surface area contributed by atoms with Crippen LogP contribution in [-0.4, -0.2) is 54.1 Å². The first-order valence-corrected chi connectivity index (χ1v) is 10.4. The zero-order chi connectivity index (χ0) is 23.8. The Balaban J connectivity index is 3.03. The first kappa shape index (κ1) is 26.5. The van der Waals surface area contributed by atoms with E-state index in [0.29, 0.717) is 0 Å². The van der Waals surface area contributed by atoms with Crippen molar-refractivity contribution in [2.24, 2.45) is 28.0 Å². The van der Waals surface area contributed by atoms with Gasteiger partial charge in [0.25, 0.3) is 0 Å². The van der Waals surface area contributed by atoms with Crippen molar-refractivity contribution in [1.29, 1.82) is 0 Å². The number of carboxylic acid groups (broad SMARTS) is 1. The molecule has 2 amide bonds. The van der Waals surface area contributed by atoms with Gasteiger partial charge in [0.05, 0.1) is 6.04 Å². The van der Waals surface area contributed by atoms with Crippen LogP contribution in [0.3, 0.4) is 0 Å². The summed E-state index contributed by atoms with van der Waals surface area (Å²) < 4.78 is 0. The minimum absolute atomic E-state index is 0.182. The number of nitrogens with two attached hydrogens (primary N) is 3. The molecule has 0 aliphatic heterocycles. The summed E-state index contributed by atoms with van der Waals surface area (Å²) in [7, 11) is 0. The number of nitrogens with one attached hydrogen (secondary N) is 2. The summed E-state index contributed by atoms with van der Waals surface area (Å²) >= 11 is 0. The van der Waals surface area contributed by atoms with Gasteiger partial charge in [0.15, 0.2) is 0 Å². The number of hydrogen-bond acceptors (Lipinski definition) is 6. The minimum Gasteiger partial charge on any atom is -0.480 e. The Kier molecular flexibility index (Phi) is 9.61. The lowest BCUT2D eigenvalue weighted by Crippen LogP contribution is -2.56. The van der Waals surface area contributed by atoms with E-state index in [0.717, 1.165) is 5.56 Å². The van der Waals surface area contributed by atoms with Crippen LogP contribution < -0.4 is 27.8 Å². The maximum absolute atomic E-state index is 13.1. The molecule has 0 aromatic heterocycles. The van der Waals surface area contributed by atoms with E-state index in [-0.39, 0.29) is 37.7 Å². The van der Waals surface area contributed by atoms with Crippen LogP contribution >= 0.6 is 0 Å². The van der Waals surface area contributed by atoms with Crippen molar-refractivity contribution in [3.8, 4) is 0 Å². The molecule has 0 saturated heterocycles. The minimum atomic E-state index is -1.13. The van der Waals surface area contributed by atoms with E-state index in [4.69, 9.17) is 17.2 Å². The fourth-order valence-electron chi connectivity index (χ4n) is 3.59. The third kappa shape index (κ3) is 7.93. The molecule has 0 aliphatic carbocycles. The zero-order valence-electron chi connectivity index (χ0n) is 18.9. The van der Waals surface area contributed by atoms with Crippen molar-refractivity contribution in [2.45, 2.75) is 58.7 Å². The number of rotatable bonds is 12. The number of carbonyl (C=O) groups is 3. The fraction of sp³-hybridized carbons (Fsp3) is 0.591. The van der Waals surface area contributed by atoms with Gasteiger partial charge in [0.1, 0.15) is 12.1 Å². The van der Waals surface area contributed by atoms with E-state index in [9.17, 15) is 19.5 Å². The Hall–Kier alpha value is -2.49. The van der Waals surface area contributed by atoms with Gasteiger partial charge >= 0.3 is 5.97 Å². The molecule has 31 heavy (non-hydrogen) atoms. The van der Waals surface area contributed by atoms with Crippen LogP contribution in [0.2, 0.25) is 0 Å². The van der Waals surface area contributed by atoms with Crippen molar-refractivity contribution in [3.05, 3.63) is 35.9 Å². The fourth-order valence-corrected chi connectivity index (χ4v) is 3.59. The van der Waals surface area contributed by atoms with Gasteiger partial charge in [0.2, 0.25) is 11.8 Å². The maximum Gasteiger partial charge on any atom is 0.321 e. The molecule has 9 nitrogen and oxygen atoms in total. The third-order valence-corrected chi connectivity index (χ3v) is 5.44. The van der Waals surface area contributed by atoms with Gasteiger partial charge in [-0.2, -0.15) is 0 Å². The van der Waals surface area contributed by atoms with Crippen molar-refractivity contribution in [2.75, 3.05) is 13.1 Å². The first-order chi connectivity index (χ1) is 14.3. The Bertz CT molecular complexity index is 748. The highest BCUT2D eigenvalue weighted by Gasteiger charge is 2.41. The van der Waals surface area contributed by atoms with Crippen LogP contribution in [0.15, 0.2) is 30.3 Å². The number of amides is 2. The van der Waals surface area contributed by atoms with E-state index >= 15 is 0 Å². The Morgan fingerprint density at radius 3 is 2.03 bits per heavy atom. The monoisotopic (exact) mass is 435 g/mol. The SMILES string of the molecule is CC(C)(CC(C)(C)[C@H](N)C(=O)O)C(=O)N[C@@H](Cc1ccccc1)C(=O)NC(CN)CN. The van der Waals surface area contributed by atoms with Crippen LogP contribution in [-0.2, 0) is 20.8 Å². The van der Waals surface area contributed by atoms with Gasteiger partial charge in [-0.15, -0.1) is 0 Å². The van der Waals surface area contributed by atoms with Gasteiger partial charge in [-0.3, -0.25) is 14.4 Å². The second kappa shape index (κ2) is 11.2. The smallest absolute Gasteiger partial charge is 0.321 e. The molecule has 9 N–H and O–H groups in total. The van der Waals surface area contributed by atoms with Crippen molar-refractivity contribution in [1.82, 2.24) is 10.6 Å². The summed E-state index contributed by atoms with van der Waals surface area (Å²) in [5.41, 5.74) is 16.2. The van der Waals surface area contributed by atoms with Crippen LogP contribution in [0.4, 0.5) is 0 Å². The highest BCUT2D eigenvalue weighted by atomic mass is 16.4. The van der Waals surface area contributed by atoms with E-state index in [1.54, 1.807) is 27.7 Å². The first-order valence-electron chi connectivity index (χ1n) is 10.4. The summed E-state index contributed by atoms with van der Waals surface area (Å²) in [4.78, 5) is 37.4. The molecule has 1 aromatic carbocycles. The molecular formula is C22H37N5O4. The molecule has 1 rings (SSSR count). The van der Waals surface area contributed by atoms with E-state index in [1.165, 1.54) is 0 Å². The van der Waals surface area contributed by atoms with Crippen LogP contribution in [0, 0.1) is 10.8 Å².